The van der Waals surface area contributed by atoms with E-state index in [4.69, 9.17) is 9.47 Å². The van der Waals surface area contributed by atoms with Crippen molar-refractivity contribution in [2.75, 3.05) is 6.61 Å². The molecule has 0 aromatic rings. The number of fused-ring (bicyclic) bond motifs is 5. The van der Waals surface area contributed by atoms with Crippen molar-refractivity contribution in [2.45, 2.75) is 103 Å². The molecule has 4 saturated carbocycles. The zero-order valence-electron chi connectivity index (χ0n) is 19.6. The minimum atomic E-state index is -0.792. The highest BCUT2D eigenvalue weighted by Gasteiger charge is 2.69. The molecule has 4 aliphatic carbocycles. The number of rotatable bonds is 4. The van der Waals surface area contributed by atoms with Gasteiger partial charge in [-0.05, 0) is 82.5 Å². The first kappa shape index (κ1) is 23.0. The molecule has 0 aliphatic heterocycles. The lowest BCUT2D eigenvalue weighted by atomic mass is 9.43. The summed E-state index contributed by atoms with van der Waals surface area (Å²) in [5, 5.41) is 22.6. The van der Waals surface area contributed by atoms with Gasteiger partial charge in [0.1, 0.15) is 6.10 Å². The number of esters is 2. The molecule has 4 fully saturated rings. The molecule has 0 radical (unpaired) electrons. The highest BCUT2D eigenvalue weighted by atomic mass is 16.5. The van der Waals surface area contributed by atoms with Gasteiger partial charge in [0, 0.05) is 30.6 Å². The average Bonchev–Trinajstić information content (AvgIpc) is 2.97. The standard InChI is InChI=1S/C25H40O6/c1-15(31-17(3)27)20-9-12-25(29)22-6-5-18-13-19(28)7-11-24(18,14-30-16(2)26)21(22)8-10-23(20,25)4/h15,18-22,28-29H,5-14H2,1-4H3/t15-,18-,19-,20+,21-,22+,23+,24+,25-/m0/s1. The van der Waals surface area contributed by atoms with Crippen LogP contribution in [-0.2, 0) is 19.1 Å². The third-order valence-electron chi connectivity index (χ3n) is 10.1. The van der Waals surface area contributed by atoms with Crippen LogP contribution in [0.5, 0.6) is 0 Å². The summed E-state index contributed by atoms with van der Waals surface area (Å²) in [5.74, 6) is 0.417. The molecule has 9 atom stereocenters. The Morgan fingerprint density at radius 1 is 1.00 bits per heavy atom. The molecule has 0 saturated heterocycles. The fraction of sp³-hybridized carbons (Fsp3) is 0.920. The highest BCUT2D eigenvalue weighted by molar-refractivity contribution is 5.66. The third kappa shape index (κ3) is 3.52. The van der Waals surface area contributed by atoms with Crippen LogP contribution in [0.3, 0.4) is 0 Å². The van der Waals surface area contributed by atoms with Gasteiger partial charge in [-0.2, -0.15) is 0 Å². The van der Waals surface area contributed by atoms with Gasteiger partial charge in [0.15, 0.2) is 0 Å². The first-order valence-corrected chi connectivity index (χ1v) is 12.2. The molecule has 0 aromatic heterocycles. The molecule has 31 heavy (non-hydrogen) atoms. The summed E-state index contributed by atoms with van der Waals surface area (Å²) in [4.78, 5) is 23.3. The van der Waals surface area contributed by atoms with E-state index in [1.54, 1.807) is 0 Å². The maximum Gasteiger partial charge on any atom is 0.302 e. The summed E-state index contributed by atoms with van der Waals surface area (Å²) in [7, 11) is 0. The largest absolute Gasteiger partial charge is 0.465 e. The number of hydrogen-bond acceptors (Lipinski definition) is 6. The van der Waals surface area contributed by atoms with Crippen molar-refractivity contribution in [3.63, 3.8) is 0 Å². The maximum absolute atomic E-state index is 12.3. The van der Waals surface area contributed by atoms with Crippen LogP contribution < -0.4 is 0 Å². The molecule has 176 valence electrons. The van der Waals surface area contributed by atoms with Crippen LogP contribution in [0.4, 0.5) is 0 Å². The molecule has 4 aliphatic rings. The summed E-state index contributed by atoms with van der Waals surface area (Å²) < 4.78 is 11.2. The Morgan fingerprint density at radius 3 is 2.42 bits per heavy atom. The number of aliphatic hydroxyl groups excluding tert-OH is 1. The van der Waals surface area contributed by atoms with E-state index in [0.29, 0.717) is 18.4 Å². The summed E-state index contributed by atoms with van der Waals surface area (Å²) in [6, 6.07) is 0. The lowest BCUT2D eigenvalue weighted by Gasteiger charge is -2.64. The predicted octanol–water partition coefficient (Wildman–Crippen LogP) is 3.62. The Hall–Kier alpha value is -1.14. The summed E-state index contributed by atoms with van der Waals surface area (Å²) >= 11 is 0. The van der Waals surface area contributed by atoms with E-state index < -0.39 is 5.60 Å². The zero-order valence-corrected chi connectivity index (χ0v) is 19.6. The monoisotopic (exact) mass is 436 g/mol. The normalized spacial score (nSPS) is 47.5. The minimum absolute atomic E-state index is 0.148. The number of ether oxygens (including phenoxy) is 2. The second-order valence-corrected chi connectivity index (χ2v) is 11.3. The fourth-order valence-corrected chi connectivity index (χ4v) is 8.65. The molecule has 2 N–H and O–H groups in total. The molecule has 6 nitrogen and oxygen atoms in total. The quantitative estimate of drug-likeness (QED) is 0.654. The van der Waals surface area contributed by atoms with Crippen LogP contribution in [0, 0.1) is 34.5 Å². The van der Waals surface area contributed by atoms with Gasteiger partial charge in [0.25, 0.3) is 0 Å². The molecular weight excluding hydrogens is 396 g/mol. The van der Waals surface area contributed by atoms with Crippen molar-refractivity contribution in [1.29, 1.82) is 0 Å². The van der Waals surface area contributed by atoms with Crippen molar-refractivity contribution in [1.82, 2.24) is 0 Å². The van der Waals surface area contributed by atoms with Gasteiger partial charge in [0.05, 0.1) is 18.3 Å². The van der Waals surface area contributed by atoms with E-state index in [1.807, 2.05) is 6.92 Å². The van der Waals surface area contributed by atoms with E-state index in [9.17, 15) is 19.8 Å². The summed E-state index contributed by atoms with van der Waals surface area (Å²) in [6.07, 6.45) is 7.27. The van der Waals surface area contributed by atoms with Crippen LogP contribution in [0.2, 0.25) is 0 Å². The number of carbonyl (C=O) groups excluding carboxylic acids is 2. The van der Waals surface area contributed by atoms with E-state index in [-0.39, 0.29) is 46.8 Å². The van der Waals surface area contributed by atoms with Gasteiger partial charge in [-0.15, -0.1) is 0 Å². The van der Waals surface area contributed by atoms with Crippen LogP contribution in [0.1, 0.15) is 85.5 Å². The van der Waals surface area contributed by atoms with E-state index in [2.05, 4.69) is 6.92 Å². The third-order valence-corrected chi connectivity index (χ3v) is 10.1. The molecule has 4 rings (SSSR count). The maximum atomic E-state index is 12.3. The number of hydrogen-bond donors (Lipinski definition) is 2. The van der Waals surface area contributed by atoms with Gasteiger partial charge >= 0.3 is 11.9 Å². The van der Waals surface area contributed by atoms with E-state index in [0.717, 1.165) is 57.8 Å². The predicted molar refractivity (Wildman–Crippen MR) is 115 cm³/mol. The SMILES string of the molecule is CC(=O)OC[C@]12CC[C@H](O)C[C@@H]1CC[C@@H]1[C@@H]2CC[C@]2(C)[C@@H]([C@H](C)OC(C)=O)CC[C@]12O. The Morgan fingerprint density at radius 2 is 1.74 bits per heavy atom. The lowest BCUT2D eigenvalue weighted by Crippen LogP contribution is -2.64. The first-order chi connectivity index (χ1) is 14.5. The van der Waals surface area contributed by atoms with Crippen LogP contribution in [0.25, 0.3) is 0 Å². The summed E-state index contributed by atoms with van der Waals surface area (Å²) in [5.41, 5.74) is -1.23. The van der Waals surface area contributed by atoms with Crippen LogP contribution in [0.15, 0.2) is 0 Å². The van der Waals surface area contributed by atoms with Crippen molar-refractivity contribution < 1.29 is 29.3 Å². The minimum Gasteiger partial charge on any atom is -0.465 e. The number of carbonyl (C=O) groups is 2. The van der Waals surface area contributed by atoms with Gasteiger partial charge in [0.2, 0.25) is 0 Å². The van der Waals surface area contributed by atoms with Crippen LogP contribution >= 0.6 is 0 Å². The lowest BCUT2D eigenvalue weighted by molar-refractivity contribution is -0.229. The Bertz CT molecular complexity index is 723. The van der Waals surface area contributed by atoms with Gasteiger partial charge in [-0.25, -0.2) is 0 Å². The Balaban J connectivity index is 1.65. The smallest absolute Gasteiger partial charge is 0.302 e. The van der Waals surface area contributed by atoms with Gasteiger partial charge in [-0.3, -0.25) is 9.59 Å². The van der Waals surface area contributed by atoms with Crippen molar-refractivity contribution >= 4 is 11.9 Å². The van der Waals surface area contributed by atoms with Crippen molar-refractivity contribution in [2.24, 2.45) is 34.5 Å². The fourth-order valence-electron chi connectivity index (χ4n) is 8.65. The molecule has 0 heterocycles. The molecule has 0 unspecified atom stereocenters. The Kier molecular flexibility index (Phi) is 5.96. The zero-order chi connectivity index (χ0) is 22.6. The molecule has 0 spiro atoms. The molecule has 6 heteroatoms. The Labute approximate surface area is 186 Å². The molecular formula is C25H40O6. The van der Waals surface area contributed by atoms with Crippen molar-refractivity contribution in [3.8, 4) is 0 Å². The van der Waals surface area contributed by atoms with E-state index >= 15 is 0 Å². The van der Waals surface area contributed by atoms with Crippen LogP contribution in [-0.4, -0.2) is 46.6 Å². The molecule has 0 aromatic carbocycles. The number of aliphatic hydroxyl groups is 2. The van der Waals surface area contributed by atoms with Gasteiger partial charge < -0.3 is 19.7 Å². The summed E-state index contributed by atoms with van der Waals surface area (Å²) in [6.45, 7) is 7.50. The highest BCUT2D eigenvalue weighted by Crippen LogP contribution is 2.69. The topological polar surface area (TPSA) is 93.1 Å². The second kappa shape index (κ2) is 8.02. The second-order valence-electron chi connectivity index (χ2n) is 11.3. The first-order valence-electron chi connectivity index (χ1n) is 12.2. The average molecular weight is 437 g/mol. The molecule has 0 bridgehead atoms. The van der Waals surface area contributed by atoms with Gasteiger partial charge in [-0.1, -0.05) is 6.92 Å². The van der Waals surface area contributed by atoms with Crippen molar-refractivity contribution in [3.05, 3.63) is 0 Å². The van der Waals surface area contributed by atoms with E-state index in [1.165, 1.54) is 13.8 Å². The molecule has 0 amide bonds.